The second kappa shape index (κ2) is 6.10. The van der Waals surface area contributed by atoms with E-state index in [-0.39, 0.29) is 11.4 Å². The first-order chi connectivity index (χ1) is 9.32. The minimum atomic E-state index is -3.64. The van der Waals surface area contributed by atoms with Gasteiger partial charge in [-0.3, -0.25) is 0 Å². The molecule has 2 aromatic rings. The molecule has 108 valence electrons. The molecule has 1 aromatic heterocycles. The second-order valence-electron chi connectivity index (χ2n) is 4.05. The standard InChI is InChI=1S/C11H11Br2N3O2S2/c1-16(4-8-5-19-6-15-8)20(17,18)11-9(12)2-7(14)3-10(11)13/h2-3,5-6H,4,14H2,1H3. The molecule has 0 saturated heterocycles. The average Bonchev–Trinajstić information content (AvgIpc) is 2.79. The molecule has 5 nitrogen and oxygen atoms in total. The highest BCUT2D eigenvalue weighted by Crippen LogP contribution is 2.34. The van der Waals surface area contributed by atoms with Crippen LogP contribution in [0.3, 0.4) is 0 Å². The molecule has 2 rings (SSSR count). The molecule has 0 fully saturated rings. The van der Waals surface area contributed by atoms with Crippen LogP contribution >= 0.6 is 43.2 Å². The molecule has 0 atom stereocenters. The topological polar surface area (TPSA) is 76.3 Å². The number of thiazole rings is 1. The van der Waals surface area contributed by atoms with Gasteiger partial charge in [0.1, 0.15) is 4.90 Å². The fourth-order valence-corrected chi connectivity index (χ4v) is 5.83. The first kappa shape index (κ1) is 15.9. The number of nitrogens with two attached hydrogens (primary N) is 1. The number of sulfonamides is 1. The lowest BCUT2D eigenvalue weighted by Crippen LogP contribution is -2.27. The maximum absolute atomic E-state index is 12.6. The minimum absolute atomic E-state index is 0.157. The highest BCUT2D eigenvalue weighted by Gasteiger charge is 2.26. The van der Waals surface area contributed by atoms with Gasteiger partial charge in [-0.25, -0.2) is 13.4 Å². The van der Waals surface area contributed by atoms with Gasteiger partial charge in [0.15, 0.2) is 0 Å². The molecule has 0 aliphatic carbocycles. The Balaban J connectivity index is 2.40. The first-order valence-electron chi connectivity index (χ1n) is 5.40. The summed E-state index contributed by atoms with van der Waals surface area (Å²) in [6.45, 7) is 0.217. The maximum Gasteiger partial charge on any atom is 0.245 e. The summed E-state index contributed by atoms with van der Waals surface area (Å²) in [5.74, 6) is 0. The van der Waals surface area contributed by atoms with Crippen molar-refractivity contribution in [3.63, 3.8) is 0 Å². The van der Waals surface area contributed by atoms with Gasteiger partial charge in [-0.05, 0) is 44.0 Å². The molecule has 1 aromatic carbocycles. The van der Waals surface area contributed by atoms with E-state index in [1.807, 2.05) is 5.38 Å². The van der Waals surface area contributed by atoms with Crippen molar-refractivity contribution in [2.45, 2.75) is 11.4 Å². The number of nitrogen functional groups attached to an aromatic ring is 1. The van der Waals surface area contributed by atoms with Crippen molar-refractivity contribution in [2.75, 3.05) is 12.8 Å². The van der Waals surface area contributed by atoms with E-state index in [0.717, 1.165) is 0 Å². The van der Waals surface area contributed by atoms with Crippen LogP contribution in [-0.4, -0.2) is 24.8 Å². The van der Waals surface area contributed by atoms with Gasteiger partial charge in [0.2, 0.25) is 10.0 Å². The second-order valence-corrected chi connectivity index (χ2v) is 8.46. The van der Waals surface area contributed by atoms with E-state index < -0.39 is 10.0 Å². The summed E-state index contributed by atoms with van der Waals surface area (Å²) in [6, 6.07) is 3.13. The van der Waals surface area contributed by atoms with Crippen LogP contribution < -0.4 is 5.73 Å². The Bertz CT molecular complexity index is 694. The van der Waals surface area contributed by atoms with Crippen LogP contribution in [0.4, 0.5) is 5.69 Å². The summed E-state index contributed by atoms with van der Waals surface area (Å²) in [7, 11) is -2.13. The van der Waals surface area contributed by atoms with Gasteiger partial charge in [0, 0.05) is 27.1 Å². The van der Waals surface area contributed by atoms with E-state index in [1.165, 1.54) is 22.7 Å². The van der Waals surface area contributed by atoms with Crippen molar-refractivity contribution in [3.05, 3.63) is 37.7 Å². The zero-order valence-corrected chi connectivity index (χ0v) is 15.2. The van der Waals surface area contributed by atoms with E-state index in [4.69, 9.17) is 5.73 Å². The Morgan fingerprint density at radius 2 is 1.95 bits per heavy atom. The maximum atomic E-state index is 12.6. The Kier molecular flexibility index (Phi) is 4.85. The van der Waals surface area contributed by atoms with E-state index in [2.05, 4.69) is 36.8 Å². The Morgan fingerprint density at radius 3 is 2.45 bits per heavy atom. The van der Waals surface area contributed by atoms with Gasteiger partial charge in [-0.15, -0.1) is 11.3 Å². The van der Waals surface area contributed by atoms with Gasteiger partial charge >= 0.3 is 0 Å². The molecule has 0 amide bonds. The lowest BCUT2D eigenvalue weighted by molar-refractivity contribution is 0.462. The van der Waals surface area contributed by atoms with Crippen molar-refractivity contribution in [1.82, 2.24) is 9.29 Å². The molecule has 1 heterocycles. The number of rotatable bonds is 4. The van der Waals surface area contributed by atoms with Crippen molar-refractivity contribution in [3.8, 4) is 0 Å². The predicted molar refractivity (Wildman–Crippen MR) is 87.0 cm³/mol. The summed E-state index contributed by atoms with van der Waals surface area (Å²) in [6.07, 6.45) is 0. The number of nitrogens with zero attached hydrogens (tertiary/aromatic N) is 2. The largest absolute Gasteiger partial charge is 0.399 e. The molecular formula is C11H11Br2N3O2S2. The van der Waals surface area contributed by atoms with E-state index in [1.54, 1.807) is 17.6 Å². The summed E-state index contributed by atoms with van der Waals surface area (Å²) in [5.41, 5.74) is 8.54. The first-order valence-corrected chi connectivity index (χ1v) is 9.37. The Hall–Kier alpha value is -0.480. The molecule has 9 heteroatoms. The number of benzene rings is 1. The molecule has 0 bridgehead atoms. The monoisotopic (exact) mass is 439 g/mol. The molecular weight excluding hydrogens is 430 g/mol. The van der Waals surface area contributed by atoms with Gasteiger partial charge in [-0.1, -0.05) is 0 Å². The fraction of sp³-hybridized carbons (Fsp3) is 0.182. The highest BCUT2D eigenvalue weighted by atomic mass is 79.9. The van der Waals surface area contributed by atoms with E-state index in [9.17, 15) is 8.42 Å². The quantitative estimate of drug-likeness (QED) is 0.741. The third-order valence-corrected chi connectivity index (χ3v) is 6.87. The van der Waals surface area contributed by atoms with Crippen LogP contribution in [0.15, 0.2) is 36.9 Å². The summed E-state index contributed by atoms with van der Waals surface area (Å²) >= 11 is 7.93. The van der Waals surface area contributed by atoms with Gasteiger partial charge in [0.25, 0.3) is 0 Å². The lowest BCUT2D eigenvalue weighted by Gasteiger charge is -2.18. The molecule has 0 saturated carbocycles. The molecule has 2 N–H and O–H groups in total. The fourth-order valence-electron chi connectivity index (χ4n) is 1.61. The molecule has 0 radical (unpaired) electrons. The normalized spacial score (nSPS) is 12.0. The lowest BCUT2D eigenvalue weighted by atomic mass is 10.3. The van der Waals surface area contributed by atoms with E-state index in [0.29, 0.717) is 20.3 Å². The zero-order valence-electron chi connectivity index (χ0n) is 10.4. The number of hydrogen-bond donors (Lipinski definition) is 1. The van der Waals surface area contributed by atoms with Crippen molar-refractivity contribution in [1.29, 1.82) is 0 Å². The molecule has 20 heavy (non-hydrogen) atoms. The predicted octanol–water partition coefficient (Wildman–Crippen LogP) is 3.07. The molecule has 0 spiro atoms. The number of hydrogen-bond acceptors (Lipinski definition) is 5. The van der Waals surface area contributed by atoms with E-state index >= 15 is 0 Å². The van der Waals surface area contributed by atoms with Crippen LogP contribution in [0.1, 0.15) is 5.69 Å². The molecule has 0 aliphatic rings. The minimum Gasteiger partial charge on any atom is -0.399 e. The van der Waals surface area contributed by atoms with Crippen LogP contribution in [0.25, 0.3) is 0 Å². The number of halogens is 2. The number of anilines is 1. The summed E-state index contributed by atoms with van der Waals surface area (Å²) in [4.78, 5) is 4.25. The van der Waals surface area contributed by atoms with Crippen LogP contribution in [0.2, 0.25) is 0 Å². The van der Waals surface area contributed by atoms with Gasteiger partial charge < -0.3 is 5.73 Å². The number of aromatic nitrogens is 1. The molecule has 0 unspecified atom stereocenters. The SMILES string of the molecule is CN(Cc1cscn1)S(=O)(=O)c1c(Br)cc(N)cc1Br. The van der Waals surface area contributed by atoms with Crippen molar-refractivity contribution >= 4 is 58.9 Å². The van der Waals surface area contributed by atoms with Crippen LogP contribution in [0, 0.1) is 0 Å². The zero-order chi connectivity index (χ0) is 14.9. The summed E-state index contributed by atoms with van der Waals surface area (Å²) < 4.78 is 27.3. The van der Waals surface area contributed by atoms with Crippen LogP contribution in [-0.2, 0) is 16.6 Å². The third kappa shape index (κ3) is 3.22. The van der Waals surface area contributed by atoms with Crippen molar-refractivity contribution in [2.24, 2.45) is 0 Å². The highest BCUT2D eigenvalue weighted by molar-refractivity contribution is 9.11. The molecule has 0 aliphatic heterocycles. The third-order valence-electron chi connectivity index (χ3n) is 2.56. The van der Waals surface area contributed by atoms with Crippen molar-refractivity contribution < 1.29 is 8.42 Å². The van der Waals surface area contributed by atoms with Gasteiger partial charge in [0.05, 0.1) is 17.7 Å². The Labute approximate surface area is 138 Å². The van der Waals surface area contributed by atoms with Gasteiger partial charge in [-0.2, -0.15) is 4.31 Å². The average molecular weight is 441 g/mol. The Morgan fingerprint density at radius 1 is 1.35 bits per heavy atom. The smallest absolute Gasteiger partial charge is 0.245 e. The van der Waals surface area contributed by atoms with Crippen LogP contribution in [0.5, 0.6) is 0 Å². The summed E-state index contributed by atoms with van der Waals surface area (Å²) in [5, 5.41) is 1.82.